The Hall–Kier alpha value is -1.50. The average Bonchev–Trinajstić information content (AvgIpc) is 2.50. The molecule has 0 heterocycles. The van der Waals surface area contributed by atoms with E-state index in [1.807, 2.05) is 0 Å². The average molecular weight is 421 g/mol. The van der Waals surface area contributed by atoms with Gasteiger partial charge in [0.05, 0.1) is 9.95 Å². The molecular formula is C15H12BrCl2NO4. The Morgan fingerprint density at radius 1 is 1.22 bits per heavy atom. The van der Waals surface area contributed by atoms with Crippen LogP contribution in [0.1, 0.15) is 6.92 Å². The predicted octanol–water partition coefficient (Wildman–Crippen LogP) is 5.86. The van der Waals surface area contributed by atoms with Gasteiger partial charge in [0.25, 0.3) is 0 Å². The van der Waals surface area contributed by atoms with Crippen molar-refractivity contribution in [2.75, 3.05) is 5.33 Å². The van der Waals surface area contributed by atoms with Crippen LogP contribution in [0.4, 0.5) is 5.69 Å². The second-order valence-electron chi connectivity index (χ2n) is 4.65. The number of nitro groups is 1. The van der Waals surface area contributed by atoms with E-state index in [2.05, 4.69) is 15.9 Å². The van der Waals surface area contributed by atoms with Crippen LogP contribution in [0, 0.1) is 10.1 Å². The first-order valence-electron chi connectivity index (χ1n) is 6.54. The van der Waals surface area contributed by atoms with Crippen LogP contribution in [-0.2, 0) is 0 Å². The smallest absolute Gasteiger partial charge is 0.311 e. The van der Waals surface area contributed by atoms with Crippen LogP contribution in [0.5, 0.6) is 17.2 Å². The largest absolute Gasteiger partial charge is 0.483 e. The monoisotopic (exact) mass is 419 g/mol. The van der Waals surface area contributed by atoms with E-state index >= 15 is 0 Å². The molecule has 2 aromatic rings. The Kier molecular flexibility index (Phi) is 6.10. The van der Waals surface area contributed by atoms with Gasteiger partial charge in [0.1, 0.15) is 17.6 Å². The molecule has 0 aliphatic rings. The number of hydrogen-bond acceptors (Lipinski definition) is 4. The maximum Gasteiger partial charge on any atom is 0.311 e. The third kappa shape index (κ3) is 4.73. The zero-order chi connectivity index (χ0) is 17.0. The van der Waals surface area contributed by atoms with Crippen LogP contribution < -0.4 is 9.47 Å². The lowest BCUT2D eigenvalue weighted by molar-refractivity contribution is -0.386. The second kappa shape index (κ2) is 7.86. The summed E-state index contributed by atoms with van der Waals surface area (Å²) in [6.07, 6.45) is -0.233. The van der Waals surface area contributed by atoms with Crippen molar-refractivity contribution in [2.45, 2.75) is 13.0 Å². The van der Waals surface area contributed by atoms with Gasteiger partial charge in [-0.3, -0.25) is 10.1 Å². The molecule has 0 radical (unpaired) electrons. The van der Waals surface area contributed by atoms with Crippen molar-refractivity contribution in [3.8, 4) is 17.2 Å². The summed E-state index contributed by atoms with van der Waals surface area (Å²) < 4.78 is 11.2. The summed E-state index contributed by atoms with van der Waals surface area (Å²) in [6, 6.07) is 9.08. The molecule has 0 saturated carbocycles. The first-order chi connectivity index (χ1) is 10.9. The van der Waals surface area contributed by atoms with Crippen LogP contribution in [0.2, 0.25) is 10.0 Å². The highest BCUT2D eigenvalue weighted by Crippen LogP contribution is 2.36. The fourth-order valence-electron chi connectivity index (χ4n) is 1.74. The summed E-state index contributed by atoms with van der Waals surface area (Å²) in [4.78, 5) is 10.6. The van der Waals surface area contributed by atoms with Crippen molar-refractivity contribution in [3.63, 3.8) is 0 Å². The third-order valence-corrected chi connectivity index (χ3v) is 4.24. The predicted molar refractivity (Wildman–Crippen MR) is 93.5 cm³/mol. The van der Waals surface area contributed by atoms with Gasteiger partial charge in [0.2, 0.25) is 5.75 Å². The van der Waals surface area contributed by atoms with Crippen molar-refractivity contribution in [1.82, 2.24) is 0 Å². The summed E-state index contributed by atoms with van der Waals surface area (Å²) in [7, 11) is 0. The Morgan fingerprint density at radius 2 is 1.96 bits per heavy atom. The molecule has 2 rings (SSSR count). The van der Waals surface area contributed by atoms with Crippen LogP contribution in [0.3, 0.4) is 0 Å². The standard InChI is InChI=1S/C15H12BrCl2NO4/c1-9(8-16)22-15-7-11(3-4-13(15)19(20)21)23-14-5-2-10(17)6-12(14)18/h2-7,9H,8H2,1H3. The van der Waals surface area contributed by atoms with Crippen LogP contribution >= 0.6 is 39.1 Å². The number of nitrogens with zero attached hydrogens (tertiary/aromatic N) is 1. The molecule has 0 aliphatic carbocycles. The molecule has 0 saturated heterocycles. The van der Waals surface area contributed by atoms with Gasteiger partial charge in [-0.15, -0.1) is 0 Å². The van der Waals surface area contributed by atoms with E-state index in [4.69, 9.17) is 32.7 Å². The molecule has 2 aromatic carbocycles. The number of hydrogen-bond donors (Lipinski definition) is 0. The van der Waals surface area contributed by atoms with Gasteiger partial charge in [-0.05, 0) is 31.2 Å². The fourth-order valence-corrected chi connectivity index (χ4v) is 2.32. The molecule has 0 N–H and O–H groups in total. The first-order valence-corrected chi connectivity index (χ1v) is 8.42. The van der Waals surface area contributed by atoms with E-state index < -0.39 is 4.92 Å². The highest BCUT2D eigenvalue weighted by atomic mass is 79.9. The molecular weight excluding hydrogens is 409 g/mol. The SMILES string of the molecule is CC(CBr)Oc1cc(Oc2ccc(Cl)cc2Cl)ccc1[N+](=O)[O-]. The van der Waals surface area contributed by atoms with E-state index in [1.165, 1.54) is 18.2 Å². The van der Waals surface area contributed by atoms with Crippen molar-refractivity contribution in [1.29, 1.82) is 0 Å². The topological polar surface area (TPSA) is 61.6 Å². The summed E-state index contributed by atoms with van der Waals surface area (Å²) in [5, 5.41) is 12.5. The molecule has 1 unspecified atom stereocenters. The van der Waals surface area contributed by atoms with Crippen LogP contribution in [0.15, 0.2) is 36.4 Å². The minimum absolute atomic E-state index is 0.129. The summed E-state index contributed by atoms with van der Waals surface area (Å²) in [5.41, 5.74) is -0.132. The Morgan fingerprint density at radius 3 is 2.57 bits per heavy atom. The van der Waals surface area contributed by atoms with Gasteiger partial charge >= 0.3 is 5.69 Å². The van der Waals surface area contributed by atoms with Gasteiger partial charge in [-0.2, -0.15) is 0 Å². The number of ether oxygens (including phenoxy) is 2. The molecule has 122 valence electrons. The fraction of sp³-hybridized carbons (Fsp3) is 0.200. The van der Waals surface area contributed by atoms with Crippen molar-refractivity contribution in [2.24, 2.45) is 0 Å². The van der Waals surface area contributed by atoms with E-state index in [1.54, 1.807) is 25.1 Å². The lowest BCUT2D eigenvalue weighted by Crippen LogP contribution is -2.13. The maximum atomic E-state index is 11.1. The summed E-state index contributed by atoms with van der Waals surface area (Å²) in [6.45, 7) is 1.79. The summed E-state index contributed by atoms with van der Waals surface area (Å²) >= 11 is 15.2. The molecule has 5 nitrogen and oxygen atoms in total. The van der Waals surface area contributed by atoms with Crippen LogP contribution in [0.25, 0.3) is 0 Å². The molecule has 0 amide bonds. The lowest BCUT2D eigenvalue weighted by Gasteiger charge is -2.14. The van der Waals surface area contributed by atoms with E-state index in [0.717, 1.165) is 0 Å². The van der Waals surface area contributed by atoms with Crippen molar-refractivity contribution in [3.05, 3.63) is 56.6 Å². The molecule has 0 spiro atoms. The van der Waals surface area contributed by atoms with Gasteiger partial charge in [0.15, 0.2) is 0 Å². The van der Waals surface area contributed by atoms with Gasteiger partial charge in [-0.1, -0.05) is 39.1 Å². The Balaban J connectivity index is 2.32. The highest BCUT2D eigenvalue weighted by molar-refractivity contribution is 9.09. The third-order valence-electron chi connectivity index (χ3n) is 2.80. The molecule has 0 bridgehead atoms. The second-order valence-corrected chi connectivity index (χ2v) is 6.14. The van der Waals surface area contributed by atoms with E-state index in [-0.39, 0.29) is 17.5 Å². The van der Waals surface area contributed by atoms with Crippen molar-refractivity contribution < 1.29 is 14.4 Å². The minimum atomic E-state index is -0.505. The normalized spacial score (nSPS) is 11.8. The number of halogens is 3. The zero-order valence-corrected chi connectivity index (χ0v) is 15.1. The van der Waals surface area contributed by atoms with E-state index in [9.17, 15) is 10.1 Å². The Labute approximate surface area is 151 Å². The summed E-state index contributed by atoms with van der Waals surface area (Å²) in [5.74, 6) is 0.894. The Bertz CT molecular complexity index is 727. The molecule has 8 heteroatoms. The van der Waals surface area contributed by atoms with Gasteiger partial charge < -0.3 is 9.47 Å². The number of nitro benzene ring substituents is 1. The molecule has 0 aromatic heterocycles. The quantitative estimate of drug-likeness (QED) is 0.333. The maximum absolute atomic E-state index is 11.1. The zero-order valence-electron chi connectivity index (χ0n) is 12.0. The number of alkyl halides is 1. The number of benzene rings is 2. The van der Waals surface area contributed by atoms with Crippen molar-refractivity contribution >= 4 is 44.8 Å². The van der Waals surface area contributed by atoms with Gasteiger partial charge in [0, 0.05) is 22.5 Å². The van der Waals surface area contributed by atoms with Crippen LogP contribution in [-0.4, -0.2) is 16.4 Å². The van der Waals surface area contributed by atoms with Gasteiger partial charge in [-0.25, -0.2) is 0 Å². The minimum Gasteiger partial charge on any atom is -0.483 e. The number of rotatable bonds is 6. The highest BCUT2D eigenvalue weighted by Gasteiger charge is 2.18. The lowest BCUT2D eigenvalue weighted by atomic mass is 10.2. The molecule has 23 heavy (non-hydrogen) atoms. The molecule has 1 atom stereocenters. The molecule has 0 fully saturated rings. The first kappa shape index (κ1) is 17.8. The van der Waals surface area contributed by atoms with E-state index in [0.29, 0.717) is 26.9 Å². The molecule has 0 aliphatic heterocycles.